The third-order valence-corrected chi connectivity index (χ3v) is 4.03. The molecule has 5 aromatic rings. The van der Waals surface area contributed by atoms with E-state index in [2.05, 4.69) is 20.4 Å². The van der Waals surface area contributed by atoms with Gasteiger partial charge in [-0.15, -0.1) is 20.4 Å². The number of hydrogen-bond donors (Lipinski definition) is 0. The Bertz CT molecular complexity index is 1180. The summed E-state index contributed by atoms with van der Waals surface area (Å²) in [5.41, 5.74) is 1.43. The molecule has 2 aromatic heterocycles. The molecule has 0 saturated heterocycles. The van der Waals surface area contributed by atoms with Gasteiger partial charge in [-0.2, -0.15) is 30.3 Å². The summed E-state index contributed by atoms with van der Waals surface area (Å²) < 4.78 is 11.1. The fourth-order valence-electron chi connectivity index (χ4n) is 2.58. The normalized spacial score (nSPS) is 10.1. The molecule has 10 heteroatoms. The molecular formula is C21H15FeN5O4. The van der Waals surface area contributed by atoms with Crippen LogP contribution in [-0.2, 0) is 23.5 Å². The first-order valence-corrected chi connectivity index (χ1v) is 8.97. The molecule has 0 radical (unpaired) electrons. The van der Waals surface area contributed by atoms with E-state index in [1.54, 1.807) is 12.1 Å². The zero-order valence-electron chi connectivity index (χ0n) is 15.9. The molecule has 156 valence electrons. The van der Waals surface area contributed by atoms with Gasteiger partial charge in [-0.1, -0.05) is 5.56 Å². The van der Waals surface area contributed by atoms with Crippen molar-refractivity contribution in [2.75, 3.05) is 0 Å². The first-order valence-electron chi connectivity index (χ1n) is 8.97. The number of nitrogens with zero attached hydrogens (tertiary/aromatic N) is 5. The molecule has 2 heterocycles. The van der Waals surface area contributed by atoms with Crippen LogP contribution in [0, 0.1) is 10.1 Å². The van der Waals surface area contributed by atoms with E-state index in [4.69, 9.17) is 8.83 Å². The molecule has 0 amide bonds. The molecule has 0 bridgehead atoms. The maximum absolute atomic E-state index is 10.7. The minimum absolute atomic E-state index is 0. The van der Waals surface area contributed by atoms with Crippen molar-refractivity contribution < 1.29 is 30.8 Å². The van der Waals surface area contributed by atoms with Gasteiger partial charge in [-0.3, -0.25) is 10.1 Å². The van der Waals surface area contributed by atoms with E-state index < -0.39 is 4.92 Å². The predicted octanol–water partition coefficient (Wildman–Crippen LogP) is 4.41. The van der Waals surface area contributed by atoms with Crippen molar-refractivity contribution in [2.24, 2.45) is 0 Å². The first-order chi connectivity index (χ1) is 14.7. The van der Waals surface area contributed by atoms with Crippen LogP contribution in [0.1, 0.15) is 11.8 Å². The quantitative estimate of drug-likeness (QED) is 0.165. The van der Waals surface area contributed by atoms with Crippen LogP contribution in [0.2, 0.25) is 0 Å². The van der Waals surface area contributed by atoms with Crippen LogP contribution in [0.3, 0.4) is 0 Å². The van der Waals surface area contributed by atoms with Crippen LogP contribution < -0.4 is 0 Å². The average Bonchev–Trinajstić information content (AvgIpc) is 3.57. The maximum atomic E-state index is 10.7. The van der Waals surface area contributed by atoms with Gasteiger partial charge in [0.05, 0.1) is 4.92 Å². The fraction of sp³-hybridized carbons (Fsp3) is 0.0476. The summed E-state index contributed by atoms with van der Waals surface area (Å²) >= 11 is 0. The van der Waals surface area contributed by atoms with Crippen molar-refractivity contribution in [2.45, 2.75) is 6.42 Å². The Morgan fingerprint density at radius 2 is 1.55 bits per heavy atom. The van der Waals surface area contributed by atoms with Gasteiger partial charge in [-0.05, 0) is 12.1 Å². The van der Waals surface area contributed by atoms with Crippen molar-refractivity contribution >= 4 is 5.69 Å². The Balaban J connectivity index is 0.000000401. The van der Waals surface area contributed by atoms with E-state index in [1.165, 1.54) is 12.1 Å². The van der Waals surface area contributed by atoms with Crippen LogP contribution >= 0.6 is 0 Å². The molecule has 0 N–H and O–H groups in total. The summed E-state index contributed by atoms with van der Waals surface area (Å²) in [4.78, 5) is 10.2. The van der Waals surface area contributed by atoms with Gasteiger partial charge in [0.15, 0.2) is 5.89 Å². The second kappa shape index (κ2) is 10.2. The van der Waals surface area contributed by atoms with Crippen molar-refractivity contribution in [3.05, 3.63) is 101 Å². The number of aromatic nitrogens is 4. The first kappa shape index (κ1) is 21.8. The summed E-state index contributed by atoms with van der Waals surface area (Å²) in [5, 5.41) is 26.5. The Morgan fingerprint density at radius 1 is 0.903 bits per heavy atom. The van der Waals surface area contributed by atoms with Crippen LogP contribution in [0.15, 0.2) is 87.7 Å². The summed E-state index contributed by atoms with van der Waals surface area (Å²) in [7, 11) is 0. The molecule has 0 unspecified atom stereocenters. The monoisotopic (exact) mass is 457 g/mol. The van der Waals surface area contributed by atoms with Crippen LogP contribution in [0.25, 0.3) is 22.9 Å². The second-order valence-electron chi connectivity index (χ2n) is 6.12. The Hall–Kier alpha value is -3.88. The Kier molecular flexibility index (Phi) is 7.21. The van der Waals surface area contributed by atoms with Gasteiger partial charge in [0.25, 0.3) is 5.69 Å². The molecule has 31 heavy (non-hydrogen) atoms. The van der Waals surface area contributed by atoms with E-state index in [1.807, 2.05) is 54.6 Å². The van der Waals surface area contributed by atoms with Gasteiger partial charge in [0, 0.05) is 17.7 Å². The van der Waals surface area contributed by atoms with Crippen molar-refractivity contribution in [3.8, 4) is 22.9 Å². The second-order valence-corrected chi connectivity index (χ2v) is 6.12. The molecule has 0 saturated carbocycles. The molecule has 0 spiro atoms. The van der Waals surface area contributed by atoms with Crippen molar-refractivity contribution in [1.29, 1.82) is 0 Å². The van der Waals surface area contributed by atoms with Gasteiger partial charge in [0.2, 0.25) is 17.7 Å². The van der Waals surface area contributed by atoms with Gasteiger partial charge in [0.1, 0.15) is 6.42 Å². The largest absolute Gasteiger partial charge is 2.00 e. The van der Waals surface area contributed by atoms with Gasteiger partial charge >= 0.3 is 17.1 Å². The van der Waals surface area contributed by atoms with Crippen LogP contribution in [0.5, 0.6) is 0 Å². The minimum atomic E-state index is -0.469. The molecule has 9 nitrogen and oxygen atoms in total. The van der Waals surface area contributed by atoms with E-state index >= 15 is 0 Å². The Labute approximate surface area is 187 Å². The SMILES string of the molecule is O=[N+]([O-])c1ccc(-c2nnc(Cc3nnc(-[c-]4cccc4)o3)o2)cc1.[Fe+2].c1cc[cH-]c1. The number of hydrogen-bond acceptors (Lipinski definition) is 8. The molecule has 0 atom stereocenters. The number of non-ortho nitro benzene ring substituents is 1. The molecule has 5 rings (SSSR count). The minimum Gasteiger partial charge on any atom is -0.432 e. The molecular weight excluding hydrogens is 442 g/mol. The molecule has 3 aromatic carbocycles. The summed E-state index contributed by atoms with van der Waals surface area (Å²) in [6, 6.07) is 23.4. The van der Waals surface area contributed by atoms with Crippen molar-refractivity contribution in [1.82, 2.24) is 20.4 Å². The van der Waals surface area contributed by atoms with E-state index in [0.29, 0.717) is 23.2 Å². The number of nitro benzene ring substituents is 1. The van der Waals surface area contributed by atoms with Crippen LogP contribution in [0.4, 0.5) is 5.69 Å². The molecule has 0 aliphatic carbocycles. The summed E-state index contributed by atoms with van der Waals surface area (Å²) in [6.07, 6.45) is 0.202. The zero-order chi connectivity index (χ0) is 20.8. The third kappa shape index (κ3) is 5.59. The van der Waals surface area contributed by atoms with Crippen molar-refractivity contribution in [3.63, 3.8) is 0 Å². The van der Waals surface area contributed by atoms with Crippen LogP contribution in [-0.4, -0.2) is 25.3 Å². The molecule has 0 aliphatic heterocycles. The topological polar surface area (TPSA) is 121 Å². The molecule has 0 fully saturated rings. The van der Waals surface area contributed by atoms with E-state index in [-0.39, 0.29) is 35.1 Å². The molecule has 0 aliphatic rings. The maximum Gasteiger partial charge on any atom is 2.00 e. The smallest absolute Gasteiger partial charge is 0.432 e. The van der Waals surface area contributed by atoms with Gasteiger partial charge < -0.3 is 8.83 Å². The zero-order valence-corrected chi connectivity index (χ0v) is 17.0. The third-order valence-electron chi connectivity index (χ3n) is 4.03. The number of nitro groups is 1. The predicted molar refractivity (Wildman–Crippen MR) is 107 cm³/mol. The average molecular weight is 457 g/mol. The Morgan fingerprint density at radius 3 is 2.16 bits per heavy atom. The van der Waals surface area contributed by atoms with E-state index in [0.717, 1.165) is 5.56 Å². The van der Waals surface area contributed by atoms with E-state index in [9.17, 15) is 10.1 Å². The number of rotatable bonds is 5. The van der Waals surface area contributed by atoms with Gasteiger partial charge in [-0.25, -0.2) is 24.3 Å². The summed E-state index contributed by atoms with van der Waals surface area (Å²) in [6.45, 7) is 0. The standard InChI is InChI=1S/C16H10N5O4.C5H5.Fe/c22-21(23)12-7-5-11(6-8-12)16-20-18-14(25-16)9-13-17-19-15(24-13)10-3-1-2-4-10;1-2-4-5-3-1;/h1-8H,9H2;1-5H;/q2*-1;+2. The number of benzene rings is 1. The summed E-state index contributed by atoms with van der Waals surface area (Å²) in [5.74, 6) is 1.36. The fourth-order valence-corrected chi connectivity index (χ4v) is 2.58.